The number of halogens is 1. The molecule has 1 aliphatic carbocycles. The summed E-state index contributed by atoms with van der Waals surface area (Å²) in [6.07, 6.45) is 8.36. The molecule has 2 atom stereocenters. The zero-order valence-corrected chi connectivity index (χ0v) is 14.8. The summed E-state index contributed by atoms with van der Waals surface area (Å²) >= 11 is 6.30. The molecule has 0 bridgehead atoms. The van der Waals surface area contributed by atoms with Gasteiger partial charge in [0.1, 0.15) is 11.6 Å². The highest BCUT2D eigenvalue weighted by Crippen LogP contribution is 2.38. The summed E-state index contributed by atoms with van der Waals surface area (Å²) < 4.78 is 1.93. The van der Waals surface area contributed by atoms with E-state index in [0.717, 1.165) is 11.4 Å². The molecule has 0 radical (unpaired) electrons. The number of allylic oxidation sites excluding steroid dienone is 4. The lowest BCUT2D eigenvalue weighted by Gasteiger charge is -2.33. The van der Waals surface area contributed by atoms with Gasteiger partial charge in [0.15, 0.2) is 5.82 Å². The fourth-order valence-electron chi connectivity index (χ4n) is 3.28. The molecule has 0 aliphatic heterocycles. The maximum Gasteiger partial charge on any atom is 0.165 e. The molecule has 2 aromatic rings. The van der Waals surface area contributed by atoms with Crippen molar-refractivity contribution in [1.82, 2.24) is 14.8 Å². The molecule has 1 aliphatic rings. The first kappa shape index (κ1) is 16.7. The van der Waals surface area contributed by atoms with Gasteiger partial charge in [0.25, 0.3) is 0 Å². The van der Waals surface area contributed by atoms with Crippen LogP contribution in [0.4, 0.5) is 0 Å². The lowest BCUT2D eigenvalue weighted by Crippen LogP contribution is -2.37. The summed E-state index contributed by atoms with van der Waals surface area (Å²) in [6.45, 7) is 3.92. The summed E-state index contributed by atoms with van der Waals surface area (Å²) in [4.78, 5) is 12.4. The van der Waals surface area contributed by atoms with E-state index in [0.29, 0.717) is 17.3 Å². The third-order valence-electron chi connectivity index (χ3n) is 4.67. The Morgan fingerprint density at radius 1 is 1.29 bits per heavy atom. The fraction of sp³-hybridized carbons (Fsp3) is 0.316. The van der Waals surface area contributed by atoms with Gasteiger partial charge < -0.3 is 4.57 Å². The molecule has 5 heteroatoms. The third-order valence-corrected chi connectivity index (χ3v) is 5.00. The number of ketones is 1. The van der Waals surface area contributed by atoms with Crippen LogP contribution in [0, 0.1) is 5.92 Å². The van der Waals surface area contributed by atoms with Crippen molar-refractivity contribution in [1.29, 1.82) is 0 Å². The number of aromatic nitrogens is 3. The van der Waals surface area contributed by atoms with Gasteiger partial charge in [0, 0.05) is 19.0 Å². The van der Waals surface area contributed by atoms with Crippen LogP contribution >= 0.6 is 11.6 Å². The first-order chi connectivity index (χ1) is 11.5. The van der Waals surface area contributed by atoms with Gasteiger partial charge >= 0.3 is 0 Å². The van der Waals surface area contributed by atoms with Crippen molar-refractivity contribution in [3.05, 3.63) is 59.4 Å². The van der Waals surface area contributed by atoms with Crippen molar-refractivity contribution < 1.29 is 4.79 Å². The van der Waals surface area contributed by atoms with Crippen LogP contribution in [-0.2, 0) is 17.3 Å². The van der Waals surface area contributed by atoms with E-state index in [-0.39, 0.29) is 11.7 Å². The first-order valence-corrected chi connectivity index (χ1v) is 8.40. The van der Waals surface area contributed by atoms with Crippen LogP contribution in [0.25, 0.3) is 11.4 Å². The van der Waals surface area contributed by atoms with Crippen molar-refractivity contribution in [3.63, 3.8) is 0 Å². The van der Waals surface area contributed by atoms with Gasteiger partial charge in [0.2, 0.25) is 0 Å². The quantitative estimate of drug-likeness (QED) is 0.840. The van der Waals surface area contributed by atoms with Crippen LogP contribution in [0.3, 0.4) is 0 Å². The highest BCUT2D eigenvalue weighted by Gasteiger charge is 2.41. The van der Waals surface area contributed by atoms with Crippen LogP contribution in [0.15, 0.2) is 48.6 Å². The van der Waals surface area contributed by atoms with Crippen LogP contribution in [0.5, 0.6) is 0 Å². The fourth-order valence-corrected chi connectivity index (χ4v) is 3.51. The van der Waals surface area contributed by atoms with Crippen LogP contribution in [-0.4, -0.2) is 20.5 Å². The van der Waals surface area contributed by atoms with E-state index in [4.69, 9.17) is 11.6 Å². The second-order valence-electron chi connectivity index (χ2n) is 6.21. The molecule has 1 aromatic heterocycles. The summed E-state index contributed by atoms with van der Waals surface area (Å²) in [5.74, 6) is 1.40. The molecule has 4 nitrogen and oxygen atoms in total. The minimum atomic E-state index is -0.525. The van der Waals surface area contributed by atoms with Gasteiger partial charge in [-0.1, -0.05) is 55.0 Å². The zero-order valence-electron chi connectivity index (χ0n) is 14.0. The molecule has 0 spiro atoms. The average molecular weight is 342 g/mol. The van der Waals surface area contributed by atoms with Crippen molar-refractivity contribution in [3.8, 4) is 11.4 Å². The monoisotopic (exact) mass is 341 g/mol. The van der Waals surface area contributed by atoms with Gasteiger partial charge in [-0.2, -0.15) is 0 Å². The van der Waals surface area contributed by atoms with Gasteiger partial charge in [-0.3, -0.25) is 4.79 Å². The predicted octanol–water partition coefficient (Wildman–Crippen LogP) is 4.11. The maximum atomic E-state index is 12.4. The average Bonchev–Trinajstić information content (AvgIpc) is 2.97. The van der Waals surface area contributed by atoms with E-state index in [2.05, 4.69) is 10.2 Å². The predicted molar refractivity (Wildman–Crippen MR) is 95.9 cm³/mol. The number of carbonyl (C=O) groups excluding carboxylic acids is 1. The largest absolute Gasteiger partial charge is 0.313 e. The van der Waals surface area contributed by atoms with Crippen molar-refractivity contribution in [2.24, 2.45) is 13.0 Å². The minimum absolute atomic E-state index is 0.195. The molecule has 0 amide bonds. The van der Waals surface area contributed by atoms with Crippen molar-refractivity contribution >= 4 is 17.4 Å². The van der Waals surface area contributed by atoms with Crippen LogP contribution in [0.2, 0.25) is 5.02 Å². The number of carbonyl (C=O) groups is 1. The standard InChI is InChI=1S/C19H20ClN3O/c1-4-16(24)14-10-7-8-12-19(14,2)18-22-21-17(23(18)3)13-9-5-6-11-15(13)20/h5-12,14H,4H2,1-3H3. The van der Waals surface area contributed by atoms with E-state index in [9.17, 15) is 4.79 Å². The highest BCUT2D eigenvalue weighted by molar-refractivity contribution is 6.33. The van der Waals surface area contributed by atoms with E-state index < -0.39 is 5.41 Å². The summed E-state index contributed by atoms with van der Waals surface area (Å²) in [6, 6.07) is 7.56. The Labute approximate surface area is 146 Å². The second kappa shape index (κ2) is 6.36. The van der Waals surface area contributed by atoms with Crippen LogP contribution < -0.4 is 0 Å². The van der Waals surface area contributed by atoms with E-state index >= 15 is 0 Å². The number of hydrogen-bond acceptors (Lipinski definition) is 3. The van der Waals surface area contributed by atoms with Gasteiger partial charge in [-0.15, -0.1) is 10.2 Å². The normalized spacial score (nSPS) is 22.8. The van der Waals surface area contributed by atoms with Crippen molar-refractivity contribution in [2.45, 2.75) is 25.7 Å². The Balaban J connectivity index is 2.10. The molecule has 1 heterocycles. The molecule has 1 aromatic carbocycles. The van der Waals surface area contributed by atoms with Gasteiger partial charge in [-0.05, 0) is 19.1 Å². The smallest absolute Gasteiger partial charge is 0.165 e. The number of hydrogen-bond donors (Lipinski definition) is 0. The van der Waals surface area contributed by atoms with Crippen molar-refractivity contribution in [2.75, 3.05) is 0 Å². The number of Topliss-reactive ketones (excluding diaryl/α,β-unsaturated/α-hetero) is 1. The minimum Gasteiger partial charge on any atom is -0.313 e. The summed E-state index contributed by atoms with van der Waals surface area (Å²) in [5, 5.41) is 9.39. The molecule has 24 heavy (non-hydrogen) atoms. The summed E-state index contributed by atoms with van der Waals surface area (Å²) in [5.41, 5.74) is 0.307. The topological polar surface area (TPSA) is 47.8 Å². The SMILES string of the molecule is CCC(=O)C1C=CC=CC1(C)c1nnc(-c2ccccc2Cl)n1C. The highest BCUT2D eigenvalue weighted by atomic mass is 35.5. The summed E-state index contributed by atoms with van der Waals surface area (Å²) in [7, 11) is 1.92. The lowest BCUT2D eigenvalue weighted by molar-refractivity contribution is -0.122. The third kappa shape index (κ3) is 2.61. The molecular weight excluding hydrogens is 322 g/mol. The first-order valence-electron chi connectivity index (χ1n) is 8.02. The van der Waals surface area contributed by atoms with E-state index in [1.165, 1.54) is 0 Å². The Kier molecular flexibility index (Phi) is 4.41. The van der Waals surface area contributed by atoms with Crippen LogP contribution in [0.1, 0.15) is 26.1 Å². The Bertz CT molecular complexity index is 837. The van der Waals surface area contributed by atoms with Gasteiger partial charge in [0.05, 0.1) is 16.4 Å². The lowest BCUT2D eigenvalue weighted by atomic mass is 9.71. The molecule has 0 fully saturated rings. The molecule has 3 rings (SSSR count). The molecule has 2 unspecified atom stereocenters. The molecular formula is C19H20ClN3O. The number of nitrogens with zero attached hydrogens (tertiary/aromatic N) is 3. The molecule has 0 saturated carbocycles. The second-order valence-corrected chi connectivity index (χ2v) is 6.62. The molecule has 0 saturated heterocycles. The maximum absolute atomic E-state index is 12.4. The Morgan fingerprint density at radius 2 is 2.04 bits per heavy atom. The zero-order chi connectivity index (χ0) is 17.3. The van der Waals surface area contributed by atoms with Gasteiger partial charge in [-0.25, -0.2) is 0 Å². The van der Waals surface area contributed by atoms with E-state index in [1.54, 1.807) is 0 Å². The Hall–Kier alpha value is -2.20. The number of benzene rings is 1. The van der Waals surface area contributed by atoms with E-state index in [1.807, 2.05) is 74.0 Å². The Morgan fingerprint density at radius 3 is 2.75 bits per heavy atom. The molecule has 0 N–H and O–H groups in total. The molecule has 124 valence electrons. The number of rotatable bonds is 4.